The highest BCUT2D eigenvalue weighted by atomic mass is 35.5. The number of aliphatic carboxylic acids is 1. The number of carbonyl (C=O) groups is 1. The van der Waals surface area contributed by atoms with Crippen LogP contribution in [-0.4, -0.2) is 68.6 Å². The van der Waals surface area contributed by atoms with Crippen molar-refractivity contribution < 1.29 is 39.8 Å². The van der Waals surface area contributed by atoms with E-state index in [4.69, 9.17) is 26.2 Å². The van der Waals surface area contributed by atoms with E-state index in [1.165, 1.54) is 0 Å². The smallest absolute Gasteiger partial charge is 0.344 e. The van der Waals surface area contributed by atoms with E-state index in [2.05, 4.69) is 0 Å². The fraction of sp³-hybridized carbons (Fsp3) is 0.435. The van der Waals surface area contributed by atoms with E-state index < -0.39 is 49.2 Å². The first-order chi connectivity index (χ1) is 15.3. The molecule has 8 nitrogen and oxygen atoms in total. The Morgan fingerprint density at radius 3 is 2.56 bits per heavy atom. The van der Waals surface area contributed by atoms with Crippen LogP contribution in [0, 0.1) is 0 Å². The summed E-state index contributed by atoms with van der Waals surface area (Å²) in [5.41, 5.74) is 3.21. The summed E-state index contributed by atoms with van der Waals surface area (Å²) in [6.07, 6.45) is -5.54. The number of aryl methyl sites for hydroxylation is 1. The van der Waals surface area contributed by atoms with Crippen LogP contribution in [0.25, 0.3) is 0 Å². The summed E-state index contributed by atoms with van der Waals surface area (Å²) in [6.45, 7) is -0.498. The Labute approximate surface area is 189 Å². The van der Waals surface area contributed by atoms with Crippen LogP contribution < -0.4 is 4.74 Å². The molecule has 9 heteroatoms. The molecule has 2 aliphatic rings. The van der Waals surface area contributed by atoms with E-state index in [0.29, 0.717) is 35.6 Å². The number of benzene rings is 2. The van der Waals surface area contributed by atoms with Crippen LogP contribution in [0.5, 0.6) is 5.75 Å². The summed E-state index contributed by atoms with van der Waals surface area (Å²) in [6, 6.07) is 10.7. The molecule has 6 atom stereocenters. The molecule has 2 aromatic carbocycles. The molecule has 0 aromatic heterocycles. The van der Waals surface area contributed by atoms with E-state index in [0.717, 1.165) is 16.7 Å². The third-order valence-corrected chi connectivity index (χ3v) is 6.40. The van der Waals surface area contributed by atoms with Crippen molar-refractivity contribution in [2.45, 2.75) is 55.9 Å². The number of aliphatic hydroxyl groups is 4. The lowest BCUT2D eigenvalue weighted by Crippen LogP contribution is -2.55. The Bertz CT molecular complexity index is 994. The average molecular weight is 465 g/mol. The summed E-state index contributed by atoms with van der Waals surface area (Å²) < 4.78 is 11.2. The summed E-state index contributed by atoms with van der Waals surface area (Å²) in [5.74, 6) is -0.412. The van der Waals surface area contributed by atoms with E-state index in [1.807, 2.05) is 12.1 Å². The molecule has 0 radical (unpaired) electrons. The maximum Gasteiger partial charge on any atom is 0.344 e. The number of rotatable bonds is 5. The molecule has 0 spiro atoms. The van der Waals surface area contributed by atoms with Crippen molar-refractivity contribution in [1.29, 1.82) is 0 Å². The number of hydrogen-bond acceptors (Lipinski definition) is 7. The van der Waals surface area contributed by atoms with E-state index in [-0.39, 0.29) is 0 Å². The second kappa shape index (κ2) is 9.35. The van der Waals surface area contributed by atoms with Crippen LogP contribution in [0.15, 0.2) is 36.4 Å². The van der Waals surface area contributed by atoms with E-state index in [9.17, 15) is 25.2 Å². The normalized spacial score (nSPS) is 29.8. The van der Waals surface area contributed by atoms with Crippen molar-refractivity contribution in [2.24, 2.45) is 0 Å². The highest BCUT2D eigenvalue weighted by molar-refractivity contribution is 6.31. The summed E-state index contributed by atoms with van der Waals surface area (Å²) in [5, 5.41) is 49.6. The third kappa shape index (κ3) is 4.47. The van der Waals surface area contributed by atoms with Gasteiger partial charge in [-0.1, -0.05) is 35.9 Å². The van der Waals surface area contributed by atoms with Gasteiger partial charge in [-0.05, 0) is 53.6 Å². The van der Waals surface area contributed by atoms with Crippen molar-refractivity contribution in [3.8, 4) is 5.75 Å². The van der Waals surface area contributed by atoms with Gasteiger partial charge in [0.1, 0.15) is 36.3 Å². The van der Waals surface area contributed by atoms with Gasteiger partial charge in [-0.25, -0.2) is 4.79 Å². The first-order valence-corrected chi connectivity index (χ1v) is 10.8. The molecule has 0 aliphatic carbocycles. The molecule has 32 heavy (non-hydrogen) atoms. The molecule has 1 fully saturated rings. The summed E-state index contributed by atoms with van der Waals surface area (Å²) in [7, 11) is 0. The lowest BCUT2D eigenvalue weighted by Gasteiger charge is -2.40. The standard InChI is InChI=1S/C23H25ClO8/c24-15-4-2-13(22-21(28)20(27)19(26)18(10-25)32-22)9-14(15)8-11-1-5-16-12(7-11)3-6-17(31-16)23(29)30/h1-2,4-5,7,9,17-22,25-28H,3,6,8,10H2,(H,29,30). The van der Waals surface area contributed by atoms with Crippen molar-refractivity contribution in [2.75, 3.05) is 6.61 Å². The number of carboxylic acid groups (broad SMARTS) is 1. The minimum absolute atomic E-state index is 0.402. The Kier molecular flexibility index (Phi) is 6.71. The number of aliphatic hydroxyl groups excluding tert-OH is 4. The van der Waals surface area contributed by atoms with E-state index in [1.54, 1.807) is 24.3 Å². The fourth-order valence-electron chi connectivity index (χ4n) is 4.23. The first-order valence-electron chi connectivity index (χ1n) is 10.4. The van der Waals surface area contributed by atoms with Gasteiger partial charge in [0, 0.05) is 5.02 Å². The number of carboxylic acids is 1. The zero-order valence-electron chi connectivity index (χ0n) is 17.1. The average Bonchev–Trinajstić information content (AvgIpc) is 2.79. The van der Waals surface area contributed by atoms with Crippen molar-refractivity contribution in [3.63, 3.8) is 0 Å². The summed E-state index contributed by atoms with van der Waals surface area (Å²) >= 11 is 6.40. The van der Waals surface area contributed by atoms with Crippen molar-refractivity contribution in [3.05, 3.63) is 63.7 Å². The Hall–Kier alpha value is -2.20. The molecule has 2 heterocycles. The molecular weight excluding hydrogens is 440 g/mol. The van der Waals surface area contributed by atoms with Gasteiger partial charge < -0.3 is 35.0 Å². The molecule has 172 valence electrons. The van der Waals surface area contributed by atoms with Gasteiger partial charge in [0.15, 0.2) is 6.10 Å². The minimum atomic E-state index is -1.46. The topological polar surface area (TPSA) is 137 Å². The molecule has 1 saturated heterocycles. The monoisotopic (exact) mass is 464 g/mol. The maximum absolute atomic E-state index is 11.2. The van der Waals surface area contributed by atoms with Crippen LogP contribution in [0.4, 0.5) is 0 Å². The highest BCUT2D eigenvalue weighted by Crippen LogP contribution is 2.35. The van der Waals surface area contributed by atoms with Gasteiger partial charge in [-0.3, -0.25) is 0 Å². The van der Waals surface area contributed by atoms with Crippen LogP contribution in [-0.2, 0) is 22.4 Å². The molecule has 0 saturated carbocycles. The second-order valence-corrected chi connectivity index (χ2v) is 8.61. The molecule has 6 unspecified atom stereocenters. The Morgan fingerprint density at radius 2 is 1.84 bits per heavy atom. The van der Waals surface area contributed by atoms with Gasteiger partial charge in [-0.15, -0.1) is 0 Å². The SMILES string of the molecule is O=C(O)C1CCc2cc(Cc3cc(C4OC(CO)C(O)C(O)C4O)ccc3Cl)ccc2O1. The molecule has 0 amide bonds. The predicted molar refractivity (Wildman–Crippen MR) is 114 cm³/mol. The fourth-order valence-corrected chi connectivity index (χ4v) is 4.41. The third-order valence-electron chi connectivity index (χ3n) is 6.03. The van der Waals surface area contributed by atoms with Crippen molar-refractivity contribution in [1.82, 2.24) is 0 Å². The number of ether oxygens (including phenoxy) is 2. The molecular formula is C23H25ClO8. The van der Waals surface area contributed by atoms with Crippen LogP contribution in [0.1, 0.15) is 34.8 Å². The number of halogens is 1. The van der Waals surface area contributed by atoms with Gasteiger partial charge in [-0.2, -0.15) is 0 Å². The predicted octanol–water partition coefficient (Wildman–Crippen LogP) is 1.22. The van der Waals surface area contributed by atoms with Crippen LogP contribution in [0.3, 0.4) is 0 Å². The lowest BCUT2D eigenvalue weighted by atomic mass is 9.90. The zero-order valence-corrected chi connectivity index (χ0v) is 17.9. The van der Waals surface area contributed by atoms with Gasteiger partial charge >= 0.3 is 5.97 Å². The molecule has 0 bridgehead atoms. The Balaban J connectivity index is 1.56. The largest absolute Gasteiger partial charge is 0.479 e. The lowest BCUT2D eigenvalue weighted by molar-refractivity contribution is -0.231. The Morgan fingerprint density at radius 1 is 1.06 bits per heavy atom. The second-order valence-electron chi connectivity index (χ2n) is 8.20. The first kappa shape index (κ1) is 23.0. The van der Waals surface area contributed by atoms with Crippen LogP contribution >= 0.6 is 11.6 Å². The maximum atomic E-state index is 11.2. The quantitative estimate of drug-likeness (QED) is 0.445. The highest BCUT2D eigenvalue weighted by Gasteiger charge is 2.44. The number of fused-ring (bicyclic) bond motifs is 1. The molecule has 5 N–H and O–H groups in total. The van der Waals surface area contributed by atoms with Gasteiger partial charge in [0.2, 0.25) is 0 Å². The molecule has 2 aromatic rings. The number of hydrogen-bond donors (Lipinski definition) is 5. The van der Waals surface area contributed by atoms with Gasteiger partial charge in [0.05, 0.1) is 6.61 Å². The van der Waals surface area contributed by atoms with Crippen LogP contribution in [0.2, 0.25) is 5.02 Å². The van der Waals surface area contributed by atoms with Crippen molar-refractivity contribution >= 4 is 17.6 Å². The van der Waals surface area contributed by atoms with E-state index >= 15 is 0 Å². The molecule has 4 rings (SSSR count). The zero-order chi connectivity index (χ0) is 23.0. The van der Waals surface area contributed by atoms with Gasteiger partial charge in [0.25, 0.3) is 0 Å². The minimum Gasteiger partial charge on any atom is -0.479 e. The molecule has 2 aliphatic heterocycles. The summed E-state index contributed by atoms with van der Waals surface area (Å²) in [4.78, 5) is 11.2.